The molecule has 0 amide bonds. The van der Waals surface area contributed by atoms with Crippen molar-refractivity contribution in [3.63, 3.8) is 0 Å². The van der Waals surface area contributed by atoms with Crippen LogP contribution in [0.15, 0.2) is 12.1 Å². The number of ether oxygens (including phenoxy) is 2. The van der Waals surface area contributed by atoms with E-state index in [1.165, 1.54) is 31.4 Å². The van der Waals surface area contributed by atoms with Crippen LogP contribution in [-0.2, 0) is 14.3 Å². The second kappa shape index (κ2) is 12.6. The number of benzene rings is 1. The van der Waals surface area contributed by atoms with Crippen LogP contribution in [0, 0.1) is 5.41 Å². The normalized spacial score (nSPS) is 11.4. The van der Waals surface area contributed by atoms with E-state index in [1.807, 2.05) is 0 Å². The molecule has 0 heterocycles. The lowest BCUT2D eigenvalue weighted by Gasteiger charge is -2.27. The van der Waals surface area contributed by atoms with Crippen molar-refractivity contribution < 1.29 is 19.1 Å². The molecule has 0 unspecified atom stereocenters. The van der Waals surface area contributed by atoms with Gasteiger partial charge in [-0.25, -0.2) is 0 Å². The summed E-state index contributed by atoms with van der Waals surface area (Å²) in [5, 5.41) is 0.533. The topological polar surface area (TPSA) is 52.6 Å². The molecule has 0 aliphatic rings. The Bertz CT molecular complexity index is 634. The van der Waals surface area contributed by atoms with Crippen molar-refractivity contribution in [2.45, 2.75) is 72.1 Å². The van der Waals surface area contributed by atoms with Crippen LogP contribution in [0.5, 0.6) is 5.75 Å². The fourth-order valence-corrected chi connectivity index (χ4v) is 3.81. The van der Waals surface area contributed by atoms with Gasteiger partial charge in [-0.1, -0.05) is 87.7 Å². The molecule has 0 bridgehead atoms. The predicted octanol–water partition coefficient (Wildman–Crippen LogP) is 7.26. The number of esters is 2. The van der Waals surface area contributed by atoms with Gasteiger partial charge in [0.1, 0.15) is 0 Å². The Labute approximate surface area is 182 Å². The summed E-state index contributed by atoms with van der Waals surface area (Å²) in [5.74, 6) is -1.30. The number of hydrogen-bond acceptors (Lipinski definition) is 4. The summed E-state index contributed by atoms with van der Waals surface area (Å²) in [5.41, 5.74) is -1.39. The van der Waals surface area contributed by atoms with Gasteiger partial charge in [0, 0.05) is 5.02 Å². The van der Waals surface area contributed by atoms with Crippen molar-refractivity contribution in [3.05, 3.63) is 27.2 Å². The van der Waals surface area contributed by atoms with E-state index < -0.39 is 17.4 Å². The first-order chi connectivity index (χ1) is 13.3. The second-order valence-corrected chi connectivity index (χ2v) is 8.03. The molecule has 0 aliphatic carbocycles. The molecule has 0 aromatic heterocycles. The maximum atomic E-state index is 12.9. The molecule has 0 fully saturated rings. The monoisotopic (exact) mass is 450 g/mol. The SMILES string of the molecule is CCCCCCCCOC(=O)C(CC)(CC)C(=O)Oc1c(Cl)cc(Cl)cc1Cl. The standard InChI is InChI=1S/C21H29Cl3O4/c1-4-7-8-9-10-11-12-27-19(25)21(5-2,6-3)20(26)28-18-16(23)13-15(22)14-17(18)24/h13-14H,4-12H2,1-3H3. The minimum Gasteiger partial charge on any atom is -0.465 e. The number of rotatable bonds is 12. The van der Waals surface area contributed by atoms with E-state index in [1.54, 1.807) is 13.8 Å². The largest absolute Gasteiger partial charge is 0.465 e. The Morgan fingerprint density at radius 3 is 1.93 bits per heavy atom. The van der Waals surface area contributed by atoms with Gasteiger partial charge in [0.2, 0.25) is 0 Å². The van der Waals surface area contributed by atoms with E-state index in [4.69, 9.17) is 44.3 Å². The molecule has 158 valence electrons. The van der Waals surface area contributed by atoms with Crippen LogP contribution < -0.4 is 4.74 Å². The third-order valence-corrected chi connectivity index (χ3v) is 5.66. The first-order valence-electron chi connectivity index (χ1n) is 9.86. The van der Waals surface area contributed by atoms with Crippen LogP contribution in [0.25, 0.3) is 0 Å². The van der Waals surface area contributed by atoms with Gasteiger partial charge in [-0.05, 0) is 31.4 Å². The lowest BCUT2D eigenvalue weighted by Crippen LogP contribution is -2.42. The van der Waals surface area contributed by atoms with Crippen LogP contribution in [0.2, 0.25) is 15.1 Å². The maximum absolute atomic E-state index is 12.9. The first-order valence-corrected chi connectivity index (χ1v) is 11.0. The first kappa shape index (κ1) is 25.1. The molecule has 0 saturated carbocycles. The summed E-state index contributed by atoms with van der Waals surface area (Å²) in [7, 11) is 0. The highest BCUT2D eigenvalue weighted by atomic mass is 35.5. The average molecular weight is 452 g/mol. The zero-order valence-electron chi connectivity index (χ0n) is 16.8. The smallest absolute Gasteiger partial charge is 0.328 e. The quantitative estimate of drug-likeness (QED) is 0.145. The van der Waals surface area contributed by atoms with Crippen molar-refractivity contribution in [2.75, 3.05) is 6.61 Å². The van der Waals surface area contributed by atoms with E-state index >= 15 is 0 Å². The highest BCUT2D eigenvalue weighted by molar-refractivity contribution is 6.40. The molecule has 0 saturated heterocycles. The molecule has 7 heteroatoms. The minimum atomic E-state index is -1.39. The molecule has 0 N–H and O–H groups in total. The van der Waals surface area contributed by atoms with Crippen molar-refractivity contribution in [3.8, 4) is 5.75 Å². The van der Waals surface area contributed by atoms with Crippen LogP contribution in [0.3, 0.4) is 0 Å². The molecule has 1 rings (SSSR count). The summed E-state index contributed by atoms with van der Waals surface area (Å²) in [6.07, 6.45) is 6.99. The van der Waals surface area contributed by atoms with E-state index in [-0.39, 0.29) is 28.6 Å². The van der Waals surface area contributed by atoms with E-state index in [0.717, 1.165) is 19.3 Å². The maximum Gasteiger partial charge on any atom is 0.328 e. The Morgan fingerprint density at radius 2 is 1.39 bits per heavy atom. The van der Waals surface area contributed by atoms with Gasteiger partial charge in [0.15, 0.2) is 11.2 Å². The van der Waals surface area contributed by atoms with Gasteiger partial charge in [0.05, 0.1) is 16.7 Å². The predicted molar refractivity (Wildman–Crippen MR) is 114 cm³/mol. The number of unbranched alkanes of at least 4 members (excludes halogenated alkanes) is 5. The number of carbonyl (C=O) groups is 2. The molecule has 0 aliphatic heterocycles. The van der Waals surface area contributed by atoms with E-state index in [9.17, 15) is 9.59 Å². The molecule has 0 spiro atoms. The van der Waals surface area contributed by atoms with Gasteiger partial charge in [-0.2, -0.15) is 0 Å². The van der Waals surface area contributed by atoms with Crippen LogP contribution >= 0.6 is 34.8 Å². The van der Waals surface area contributed by atoms with Crippen molar-refractivity contribution in [1.82, 2.24) is 0 Å². The zero-order chi connectivity index (χ0) is 21.2. The fourth-order valence-electron chi connectivity index (χ4n) is 2.91. The molecule has 0 radical (unpaired) electrons. The fraction of sp³-hybridized carbons (Fsp3) is 0.619. The van der Waals surface area contributed by atoms with E-state index in [2.05, 4.69) is 6.92 Å². The summed E-state index contributed by atoms with van der Waals surface area (Å²) in [6.45, 7) is 5.96. The van der Waals surface area contributed by atoms with Gasteiger partial charge in [-0.3, -0.25) is 9.59 Å². The third kappa shape index (κ3) is 6.82. The number of hydrogen-bond donors (Lipinski definition) is 0. The van der Waals surface area contributed by atoms with Crippen molar-refractivity contribution >= 4 is 46.7 Å². The zero-order valence-corrected chi connectivity index (χ0v) is 19.1. The summed E-state index contributed by atoms with van der Waals surface area (Å²) < 4.78 is 10.8. The second-order valence-electron chi connectivity index (χ2n) is 6.78. The van der Waals surface area contributed by atoms with Gasteiger partial charge in [0.25, 0.3) is 0 Å². The summed E-state index contributed by atoms with van der Waals surface area (Å²) in [4.78, 5) is 25.6. The molecule has 28 heavy (non-hydrogen) atoms. The van der Waals surface area contributed by atoms with Crippen LogP contribution in [0.1, 0.15) is 72.1 Å². The highest BCUT2D eigenvalue weighted by Gasteiger charge is 2.46. The van der Waals surface area contributed by atoms with Gasteiger partial charge in [-0.15, -0.1) is 0 Å². The molecule has 1 aromatic rings. The third-order valence-electron chi connectivity index (χ3n) is 4.88. The van der Waals surface area contributed by atoms with Crippen molar-refractivity contribution in [1.29, 1.82) is 0 Å². The number of halogens is 3. The van der Waals surface area contributed by atoms with Crippen LogP contribution in [0.4, 0.5) is 0 Å². The lowest BCUT2D eigenvalue weighted by atomic mass is 9.82. The minimum absolute atomic E-state index is 0.00673. The number of carbonyl (C=O) groups excluding carboxylic acids is 2. The molecule has 1 aromatic carbocycles. The molecule has 4 nitrogen and oxygen atoms in total. The Balaban J connectivity index is 2.75. The van der Waals surface area contributed by atoms with E-state index in [0.29, 0.717) is 11.6 Å². The summed E-state index contributed by atoms with van der Waals surface area (Å²) in [6, 6.07) is 2.85. The summed E-state index contributed by atoms with van der Waals surface area (Å²) >= 11 is 18.1. The highest BCUT2D eigenvalue weighted by Crippen LogP contribution is 2.38. The van der Waals surface area contributed by atoms with Crippen molar-refractivity contribution in [2.24, 2.45) is 5.41 Å². The lowest BCUT2D eigenvalue weighted by molar-refractivity contribution is -0.168. The Hall–Kier alpha value is -0.970. The van der Waals surface area contributed by atoms with Gasteiger partial charge >= 0.3 is 11.9 Å². The molecular weight excluding hydrogens is 423 g/mol. The molecular formula is C21H29Cl3O4. The Kier molecular flexibility index (Phi) is 11.2. The Morgan fingerprint density at radius 1 is 0.857 bits per heavy atom. The van der Waals surface area contributed by atoms with Gasteiger partial charge < -0.3 is 9.47 Å². The van der Waals surface area contributed by atoms with Crippen LogP contribution in [-0.4, -0.2) is 18.5 Å². The molecule has 0 atom stereocenters. The average Bonchev–Trinajstić information content (AvgIpc) is 2.65.